The number of piperidine rings is 1. The van der Waals surface area contributed by atoms with E-state index in [-0.39, 0.29) is 35.9 Å². The Labute approximate surface area is 166 Å². The normalized spacial score (nSPS) is 24.1. The molecule has 6 nitrogen and oxygen atoms in total. The first kappa shape index (κ1) is 19.8. The van der Waals surface area contributed by atoms with Crippen LogP contribution in [0.1, 0.15) is 38.7 Å². The van der Waals surface area contributed by atoms with Crippen LogP contribution in [-0.4, -0.2) is 47.2 Å². The molecule has 2 heterocycles. The molecule has 0 aliphatic carbocycles. The third kappa shape index (κ3) is 4.15. The van der Waals surface area contributed by atoms with E-state index in [0.29, 0.717) is 24.1 Å². The summed E-state index contributed by atoms with van der Waals surface area (Å²) in [4.78, 5) is 27.5. The molecule has 2 saturated heterocycles. The van der Waals surface area contributed by atoms with Gasteiger partial charge < -0.3 is 10.2 Å². The summed E-state index contributed by atoms with van der Waals surface area (Å²) in [7, 11) is 0. The summed E-state index contributed by atoms with van der Waals surface area (Å²) < 4.78 is 13.9. The summed E-state index contributed by atoms with van der Waals surface area (Å²) in [5.41, 5.74) is 0.00194. The van der Waals surface area contributed by atoms with Gasteiger partial charge in [-0.15, -0.1) is 0 Å². The molecule has 2 fully saturated rings. The lowest BCUT2D eigenvalue weighted by molar-refractivity contribution is -0.133. The number of amides is 2. The van der Waals surface area contributed by atoms with E-state index in [2.05, 4.69) is 21.2 Å². The van der Waals surface area contributed by atoms with Crippen LogP contribution in [0.5, 0.6) is 0 Å². The minimum atomic E-state index is -0.751. The summed E-state index contributed by atoms with van der Waals surface area (Å²) in [5, 5.41) is 11.5. The molecule has 0 unspecified atom stereocenters. The van der Waals surface area contributed by atoms with Crippen molar-refractivity contribution in [2.45, 2.75) is 38.6 Å². The van der Waals surface area contributed by atoms with Crippen LogP contribution in [0.15, 0.2) is 22.7 Å². The summed E-state index contributed by atoms with van der Waals surface area (Å²) in [6.07, 6.45) is 1.86. The highest BCUT2D eigenvalue weighted by atomic mass is 79.9. The lowest BCUT2D eigenvalue weighted by Gasteiger charge is -2.43. The van der Waals surface area contributed by atoms with E-state index < -0.39 is 5.54 Å². The maximum absolute atomic E-state index is 13.5. The number of nitrogens with zero attached hydrogens (tertiary/aromatic N) is 2. The van der Waals surface area contributed by atoms with Gasteiger partial charge in [-0.2, -0.15) is 0 Å². The number of nitrogens with one attached hydrogen (secondary N) is 2. The lowest BCUT2D eigenvalue weighted by Crippen LogP contribution is -2.60. The van der Waals surface area contributed by atoms with Crippen LogP contribution in [0.3, 0.4) is 0 Å². The van der Waals surface area contributed by atoms with Crippen molar-refractivity contribution in [3.8, 4) is 0 Å². The fourth-order valence-corrected chi connectivity index (χ4v) is 4.17. The number of hydrogen-bond acceptors (Lipinski definition) is 3. The molecule has 2 N–H and O–H groups in total. The first-order chi connectivity index (χ1) is 12.7. The maximum Gasteiger partial charge on any atom is 0.231 e. The van der Waals surface area contributed by atoms with E-state index >= 15 is 0 Å². The molecule has 0 radical (unpaired) electrons. The summed E-state index contributed by atoms with van der Waals surface area (Å²) >= 11 is 3.18. The molecule has 1 aromatic rings. The number of guanidine groups is 1. The molecule has 1 atom stereocenters. The topological polar surface area (TPSA) is 76.5 Å². The van der Waals surface area contributed by atoms with Crippen molar-refractivity contribution in [2.24, 2.45) is 5.92 Å². The smallest absolute Gasteiger partial charge is 0.231 e. The predicted octanol–water partition coefficient (Wildman–Crippen LogP) is 2.82. The number of carbonyl (C=O) groups is 2. The van der Waals surface area contributed by atoms with Gasteiger partial charge in [-0.25, -0.2) is 4.39 Å². The molecule has 0 aromatic heterocycles. The Hall–Kier alpha value is -1.96. The van der Waals surface area contributed by atoms with Crippen LogP contribution < -0.4 is 5.32 Å². The van der Waals surface area contributed by atoms with E-state index in [1.54, 1.807) is 19.1 Å². The third-order valence-electron chi connectivity index (χ3n) is 5.53. The van der Waals surface area contributed by atoms with E-state index in [1.807, 2.05) is 11.8 Å². The minimum Gasteiger partial charge on any atom is -0.346 e. The Morgan fingerprint density at radius 2 is 2.07 bits per heavy atom. The lowest BCUT2D eigenvalue weighted by atomic mass is 9.86. The van der Waals surface area contributed by atoms with Crippen molar-refractivity contribution in [2.75, 3.05) is 19.6 Å². The number of likely N-dealkylation sites (tertiary alicyclic amines) is 1. The highest BCUT2D eigenvalue weighted by Crippen LogP contribution is 2.32. The molecule has 27 heavy (non-hydrogen) atoms. The van der Waals surface area contributed by atoms with Gasteiger partial charge in [-0.05, 0) is 59.3 Å². The Morgan fingerprint density at radius 1 is 1.41 bits per heavy atom. The zero-order chi connectivity index (χ0) is 19.8. The highest BCUT2D eigenvalue weighted by Gasteiger charge is 2.40. The molecular formula is C19H24BrFN4O2. The fraction of sp³-hybridized carbons (Fsp3) is 0.526. The largest absolute Gasteiger partial charge is 0.346 e. The molecule has 2 aliphatic rings. The summed E-state index contributed by atoms with van der Waals surface area (Å²) in [5.74, 6) is -0.0499. The summed E-state index contributed by atoms with van der Waals surface area (Å²) in [6.45, 7) is 5.30. The van der Waals surface area contributed by atoms with Crippen molar-refractivity contribution >= 4 is 33.7 Å². The fourth-order valence-electron chi connectivity index (χ4n) is 3.79. The monoisotopic (exact) mass is 438 g/mol. The molecule has 146 valence electrons. The van der Waals surface area contributed by atoms with Crippen LogP contribution in [0.25, 0.3) is 0 Å². The highest BCUT2D eigenvalue weighted by molar-refractivity contribution is 9.10. The molecule has 2 aliphatic heterocycles. The molecule has 0 bridgehead atoms. The van der Waals surface area contributed by atoms with Crippen LogP contribution >= 0.6 is 15.9 Å². The van der Waals surface area contributed by atoms with Crippen LogP contribution in [0.4, 0.5) is 4.39 Å². The number of halogens is 2. The van der Waals surface area contributed by atoms with Crippen LogP contribution in [-0.2, 0) is 15.1 Å². The number of hydrogen-bond donors (Lipinski definition) is 2. The number of benzene rings is 1. The second-order valence-electron chi connectivity index (χ2n) is 7.57. The van der Waals surface area contributed by atoms with E-state index in [4.69, 9.17) is 5.41 Å². The Balaban J connectivity index is 1.67. The Kier molecular flexibility index (Phi) is 5.55. The molecule has 8 heteroatoms. The third-order valence-corrected chi connectivity index (χ3v) is 6.14. The Morgan fingerprint density at radius 3 is 2.63 bits per heavy atom. The second kappa shape index (κ2) is 7.58. The van der Waals surface area contributed by atoms with Gasteiger partial charge in [0.1, 0.15) is 5.82 Å². The average molecular weight is 439 g/mol. The zero-order valence-electron chi connectivity index (χ0n) is 15.5. The standard InChI is InChI=1S/C19H24BrFN4O2/c1-12(26)24-7-5-13(6-8-24)11-25-17(27)10-19(2,23-18(25)22)14-3-4-16(21)15(20)9-14/h3-4,9,13H,5-8,10-11H2,1-2H3,(H2,22,23)/t19-/m1/s1. The van der Waals surface area contributed by atoms with Crippen molar-refractivity contribution in [1.82, 2.24) is 15.1 Å². The predicted molar refractivity (Wildman–Crippen MR) is 104 cm³/mol. The van der Waals surface area contributed by atoms with E-state index in [9.17, 15) is 14.0 Å². The van der Waals surface area contributed by atoms with Gasteiger partial charge in [0.15, 0.2) is 5.96 Å². The first-order valence-corrected chi connectivity index (χ1v) is 9.87. The molecule has 1 aromatic carbocycles. The van der Waals surface area contributed by atoms with Gasteiger partial charge in [-0.3, -0.25) is 19.9 Å². The quantitative estimate of drug-likeness (QED) is 0.761. The van der Waals surface area contributed by atoms with E-state index in [1.165, 1.54) is 11.0 Å². The Bertz CT molecular complexity index is 759. The zero-order valence-corrected chi connectivity index (χ0v) is 17.1. The van der Waals surface area contributed by atoms with Gasteiger partial charge >= 0.3 is 0 Å². The molecule has 3 rings (SSSR count). The minimum absolute atomic E-state index is 0.0724. The molecule has 0 spiro atoms. The van der Waals surface area contributed by atoms with Gasteiger partial charge in [-0.1, -0.05) is 6.07 Å². The molecular weight excluding hydrogens is 415 g/mol. The molecule has 0 saturated carbocycles. The number of carbonyl (C=O) groups excluding carboxylic acids is 2. The SMILES string of the molecule is CC(=O)N1CCC(CN2C(=N)N[C@@](C)(c3ccc(F)c(Br)c3)CC2=O)CC1. The second-order valence-corrected chi connectivity index (χ2v) is 8.42. The first-order valence-electron chi connectivity index (χ1n) is 9.08. The van der Waals surface area contributed by atoms with Crippen molar-refractivity contribution in [3.05, 3.63) is 34.1 Å². The van der Waals surface area contributed by atoms with Crippen molar-refractivity contribution < 1.29 is 14.0 Å². The molecule has 2 amide bonds. The average Bonchev–Trinajstić information content (AvgIpc) is 2.61. The van der Waals surface area contributed by atoms with Gasteiger partial charge in [0.05, 0.1) is 16.4 Å². The summed E-state index contributed by atoms with van der Waals surface area (Å²) in [6, 6.07) is 4.65. The van der Waals surface area contributed by atoms with Gasteiger partial charge in [0.25, 0.3) is 0 Å². The van der Waals surface area contributed by atoms with Gasteiger partial charge in [0.2, 0.25) is 11.8 Å². The van der Waals surface area contributed by atoms with Crippen LogP contribution in [0, 0.1) is 17.1 Å². The van der Waals surface area contributed by atoms with Crippen molar-refractivity contribution in [3.63, 3.8) is 0 Å². The maximum atomic E-state index is 13.5. The van der Waals surface area contributed by atoms with Crippen LogP contribution in [0.2, 0.25) is 0 Å². The van der Waals surface area contributed by atoms with Crippen molar-refractivity contribution in [1.29, 1.82) is 5.41 Å². The van der Waals surface area contributed by atoms with Gasteiger partial charge in [0, 0.05) is 26.6 Å². The number of rotatable bonds is 3. The van der Waals surface area contributed by atoms with E-state index in [0.717, 1.165) is 18.4 Å².